The van der Waals surface area contributed by atoms with E-state index in [2.05, 4.69) is 5.73 Å². The maximum atomic E-state index is 10.3. The van der Waals surface area contributed by atoms with Gasteiger partial charge in [0.1, 0.15) is 5.94 Å². The molecule has 7 heteroatoms. The smallest absolute Gasteiger partial charge is 0.518 e. The van der Waals surface area contributed by atoms with Crippen LogP contribution in [0.25, 0.3) is 0 Å². The minimum Gasteiger partial charge on any atom is -1.00 e. The maximum Gasteiger partial charge on any atom is 0.518 e. The number of carbonyl (C=O) groups is 1. The molecular weight excluding hydrogens is 196 g/mol. The van der Waals surface area contributed by atoms with Gasteiger partial charge in [-0.1, -0.05) is 0 Å². The quantitative estimate of drug-likeness (QED) is 0.398. The van der Waals surface area contributed by atoms with E-state index in [9.17, 15) is 9.82 Å². The van der Waals surface area contributed by atoms with Crippen molar-refractivity contribution in [2.24, 2.45) is 0 Å². The molecule has 0 radical (unpaired) electrons. The molecule has 76 valence electrons. The van der Waals surface area contributed by atoms with E-state index in [0.29, 0.717) is 6.42 Å². The summed E-state index contributed by atoms with van der Waals surface area (Å²) in [5.74, 6) is -1.02. The van der Waals surface area contributed by atoms with Crippen molar-refractivity contribution in [1.82, 2.24) is 0 Å². The van der Waals surface area contributed by atoms with Crippen LogP contribution in [0.4, 0.5) is 0 Å². The Morgan fingerprint density at radius 1 is 1.62 bits per heavy atom. The van der Waals surface area contributed by atoms with Crippen LogP contribution < -0.4 is 18.1 Å². The van der Waals surface area contributed by atoms with Gasteiger partial charge in [-0.2, -0.15) is 0 Å². The minimum absolute atomic E-state index is 0. The van der Waals surface area contributed by atoms with E-state index in [1.807, 2.05) is 0 Å². The first-order chi connectivity index (χ1) is 5.59. The number of quaternary nitrogens is 1. The number of halogens is 1. The highest BCUT2D eigenvalue weighted by Crippen LogP contribution is 2.16. The lowest BCUT2D eigenvalue weighted by molar-refractivity contribution is -0.403. The predicted octanol–water partition coefficient (Wildman–Crippen LogP) is -4.73. The van der Waals surface area contributed by atoms with Crippen molar-refractivity contribution in [1.29, 1.82) is 0 Å². The van der Waals surface area contributed by atoms with Crippen LogP contribution in [-0.2, 0) is 9.45 Å². The highest BCUT2D eigenvalue weighted by Gasteiger charge is 2.36. The van der Waals surface area contributed by atoms with Crippen molar-refractivity contribution in [2.75, 3.05) is 0 Å². The fraction of sp³-hybridized carbons (Fsp3) is 0.833. The van der Waals surface area contributed by atoms with Gasteiger partial charge in [0.2, 0.25) is 0 Å². The molecule has 0 saturated carbocycles. The fourth-order valence-electron chi connectivity index (χ4n) is 1.26. The number of aliphatic carboxylic acids is 1. The van der Waals surface area contributed by atoms with Crippen LogP contribution in [0.1, 0.15) is 19.3 Å². The molecule has 0 spiro atoms. The van der Waals surface area contributed by atoms with Gasteiger partial charge in [0.25, 0.3) is 0 Å². The lowest BCUT2D eigenvalue weighted by atomic mass is 9.73. The topological polar surface area (TPSA) is 94.4 Å². The minimum atomic E-state index is -0.900. The predicted molar refractivity (Wildman–Crippen MR) is 41.0 cm³/mol. The van der Waals surface area contributed by atoms with Crippen LogP contribution in [0.2, 0.25) is 0 Å². The van der Waals surface area contributed by atoms with Crippen molar-refractivity contribution < 1.29 is 37.7 Å². The van der Waals surface area contributed by atoms with E-state index in [1.165, 1.54) is 0 Å². The second-order valence-corrected chi connectivity index (χ2v) is 3.08. The lowest BCUT2D eigenvalue weighted by Crippen LogP contribution is -3.00. The number of carboxylic acids is 1. The molecule has 0 aromatic carbocycles. The maximum absolute atomic E-state index is 10.3. The van der Waals surface area contributed by atoms with E-state index < -0.39 is 13.1 Å². The molecule has 0 aromatic rings. The highest BCUT2D eigenvalue weighted by atomic mass is 35.5. The Morgan fingerprint density at radius 2 is 2.23 bits per heavy atom. The monoisotopic (exact) mass is 209 g/mol. The molecule has 13 heavy (non-hydrogen) atoms. The normalized spacial score (nSPS) is 28.0. The molecule has 1 fully saturated rings. The summed E-state index contributed by atoms with van der Waals surface area (Å²) >= 11 is 0. The van der Waals surface area contributed by atoms with Crippen LogP contribution in [-0.4, -0.2) is 35.3 Å². The first-order valence-corrected chi connectivity index (χ1v) is 3.98. The Hall–Kier alpha value is -0.295. The summed E-state index contributed by atoms with van der Waals surface area (Å²) in [5, 5.41) is 17.6. The van der Waals surface area contributed by atoms with Gasteiger partial charge in [0.05, 0.1) is 12.5 Å². The zero-order chi connectivity index (χ0) is 9.14. The van der Waals surface area contributed by atoms with E-state index in [-0.39, 0.29) is 30.9 Å². The molecule has 0 amide bonds. The Labute approximate surface area is 82.8 Å². The second-order valence-electron chi connectivity index (χ2n) is 3.08. The number of rotatable bonds is 2. The van der Waals surface area contributed by atoms with Crippen LogP contribution in [0, 0.1) is 0 Å². The zero-order valence-corrected chi connectivity index (χ0v) is 7.91. The van der Waals surface area contributed by atoms with E-state index in [4.69, 9.17) is 9.76 Å². The molecule has 2 atom stereocenters. The Balaban J connectivity index is 0.00000144. The third-order valence-corrected chi connectivity index (χ3v) is 2.00. The highest BCUT2D eigenvalue weighted by molar-refractivity contribution is 6.44. The molecule has 1 saturated heterocycles. The number of carboxylic acid groups (broad SMARTS) is 1. The summed E-state index contributed by atoms with van der Waals surface area (Å²) in [6, 6.07) is 0. The molecule has 1 aliphatic rings. The number of hydrogen-bond acceptors (Lipinski definition) is 3. The zero-order valence-electron chi connectivity index (χ0n) is 7.15. The largest absolute Gasteiger partial charge is 1.00 e. The first-order valence-electron chi connectivity index (χ1n) is 3.98. The van der Waals surface area contributed by atoms with Gasteiger partial charge in [0, 0.05) is 0 Å². The van der Waals surface area contributed by atoms with Gasteiger partial charge in [-0.25, -0.2) is 0 Å². The molecule has 0 bridgehead atoms. The third kappa shape index (κ3) is 3.95. The third-order valence-electron chi connectivity index (χ3n) is 2.00. The number of hydrogen-bond donors (Lipinski definition) is 3. The van der Waals surface area contributed by atoms with E-state index >= 15 is 0 Å². The van der Waals surface area contributed by atoms with Gasteiger partial charge in [-0.05, 0) is 12.8 Å². The van der Waals surface area contributed by atoms with Crippen molar-refractivity contribution in [2.45, 2.75) is 31.3 Å². The lowest BCUT2D eigenvalue weighted by Gasteiger charge is -2.25. The summed E-state index contributed by atoms with van der Waals surface area (Å²) in [5.41, 5.74) is 3.67. The molecule has 0 aliphatic carbocycles. The molecule has 1 unspecified atom stereocenters. The molecule has 1 rings (SSSR count). The van der Waals surface area contributed by atoms with Crippen molar-refractivity contribution in [3.05, 3.63) is 0 Å². The average Bonchev–Trinajstić information content (AvgIpc) is 1.96. The van der Waals surface area contributed by atoms with Gasteiger partial charge in [-0.3, -0.25) is 4.79 Å². The van der Waals surface area contributed by atoms with Crippen LogP contribution in [0.5, 0.6) is 0 Å². The molecular formula is C6H13BClNO4. The van der Waals surface area contributed by atoms with Gasteiger partial charge in [-0.15, -0.1) is 0 Å². The fourth-order valence-corrected chi connectivity index (χ4v) is 1.26. The van der Waals surface area contributed by atoms with E-state index in [0.717, 1.165) is 6.42 Å². The van der Waals surface area contributed by atoms with Crippen LogP contribution in [0.3, 0.4) is 0 Å². The molecule has 5 N–H and O–H groups in total. The van der Waals surface area contributed by atoms with Gasteiger partial charge in [0.15, 0.2) is 0 Å². The Kier molecular flexibility index (Phi) is 5.31. The molecule has 1 heterocycles. The SMILES string of the molecule is [Cl-].[NH3+][C@H]1CCC(CC(=O)O)OB1O. The Morgan fingerprint density at radius 3 is 2.69 bits per heavy atom. The second kappa shape index (κ2) is 5.44. The Bertz CT molecular complexity index is 182. The molecule has 5 nitrogen and oxygen atoms in total. The molecule has 0 aromatic heterocycles. The van der Waals surface area contributed by atoms with Crippen molar-refractivity contribution >= 4 is 13.1 Å². The van der Waals surface area contributed by atoms with Crippen LogP contribution >= 0.6 is 0 Å². The van der Waals surface area contributed by atoms with Crippen LogP contribution in [0.15, 0.2) is 0 Å². The van der Waals surface area contributed by atoms with E-state index in [1.54, 1.807) is 0 Å². The van der Waals surface area contributed by atoms with Gasteiger partial charge >= 0.3 is 13.1 Å². The molecule has 1 aliphatic heterocycles. The summed E-state index contributed by atoms with van der Waals surface area (Å²) < 4.78 is 5.02. The summed E-state index contributed by atoms with van der Waals surface area (Å²) in [6.07, 6.45) is 0.996. The summed E-state index contributed by atoms with van der Waals surface area (Å²) in [4.78, 5) is 10.3. The van der Waals surface area contributed by atoms with Crippen molar-refractivity contribution in [3.63, 3.8) is 0 Å². The average molecular weight is 209 g/mol. The summed E-state index contributed by atoms with van der Waals surface area (Å²) in [7, 11) is -0.900. The van der Waals surface area contributed by atoms with Crippen molar-refractivity contribution in [3.8, 4) is 0 Å². The standard InChI is InChI=1S/C6H12BNO4.ClH/c8-5-2-1-4(3-6(9)10)12-7(5)11;/h4-5,11H,1-3,8H2,(H,9,10);1H/t4?,5-;/m0./s1. The van der Waals surface area contributed by atoms with Gasteiger partial charge < -0.3 is 32.9 Å². The first kappa shape index (κ1) is 12.7. The summed E-state index contributed by atoms with van der Waals surface area (Å²) in [6.45, 7) is 0.